The van der Waals surface area contributed by atoms with Crippen molar-refractivity contribution in [2.75, 3.05) is 6.61 Å². The number of benzene rings is 1. The number of pyridine rings is 1. The number of hydrogen-bond acceptors (Lipinski definition) is 3. The second kappa shape index (κ2) is 6.64. The predicted molar refractivity (Wildman–Crippen MR) is 78.9 cm³/mol. The SMILES string of the molecule is CC(C)CC(CO)NCc1cncc2ccccc12. The lowest BCUT2D eigenvalue weighted by molar-refractivity contribution is 0.223. The minimum Gasteiger partial charge on any atom is -0.395 e. The molecule has 3 heteroatoms. The molecular formula is C16H22N2O. The highest BCUT2D eigenvalue weighted by atomic mass is 16.3. The van der Waals surface area contributed by atoms with Crippen LogP contribution in [0.15, 0.2) is 36.7 Å². The Bertz CT molecular complexity index is 520. The zero-order valence-electron chi connectivity index (χ0n) is 11.6. The average molecular weight is 258 g/mol. The van der Waals surface area contributed by atoms with Gasteiger partial charge in [0.15, 0.2) is 0 Å². The molecule has 2 rings (SSSR count). The van der Waals surface area contributed by atoms with Gasteiger partial charge < -0.3 is 10.4 Å². The van der Waals surface area contributed by atoms with E-state index in [2.05, 4.69) is 36.3 Å². The molecule has 102 valence electrons. The Kier molecular flexibility index (Phi) is 4.88. The first-order valence-corrected chi connectivity index (χ1v) is 6.86. The molecule has 0 aliphatic rings. The first-order valence-electron chi connectivity index (χ1n) is 6.86. The van der Waals surface area contributed by atoms with E-state index in [1.807, 2.05) is 24.5 Å². The molecule has 1 unspecified atom stereocenters. The summed E-state index contributed by atoms with van der Waals surface area (Å²) in [7, 11) is 0. The first-order chi connectivity index (χ1) is 9.20. The maximum Gasteiger partial charge on any atom is 0.0584 e. The van der Waals surface area contributed by atoms with Crippen molar-refractivity contribution in [1.29, 1.82) is 0 Å². The summed E-state index contributed by atoms with van der Waals surface area (Å²) in [5, 5.41) is 15.2. The molecule has 1 atom stereocenters. The van der Waals surface area contributed by atoms with Crippen molar-refractivity contribution < 1.29 is 5.11 Å². The van der Waals surface area contributed by atoms with Crippen molar-refractivity contribution in [1.82, 2.24) is 10.3 Å². The van der Waals surface area contributed by atoms with E-state index in [1.54, 1.807) is 0 Å². The van der Waals surface area contributed by atoms with Crippen LogP contribution in [0.3, 0.4) is 0 Å². The van der Waals surface area contributed by atoms with Crippen LogP contribution in [-0.4, -0.2) is 22.7 Å². The van der Waals surface area contributed by atoms with Gasteiger partial charge in [0.1, 0.15) is 0 Å². The van der Waals surface area contributed by atoms with Crippen LogP contribution in [-0.2, 0) is 6.54 Å². The number of aromatic nitrogens is 1. The van der Waals surface area contributed by atoms with E-state index in [9.17, 15) is 5.11 Å². The summed E-state index contributed by atoms with van der Waals surface area (Å²) >= 11 is 0. The Morgan fingerprint density at radius 1 is 1.21 bits per heavy atom. The van der Waals surface area contributed by atoms with Crippen LogP contribution in [0.4, 0.5) is 0 Å². The highest BCUT2D eigenvalue weighted by molar-refractivity contribution is 5.84. The molecule has 19 heavy (non-hydrogen) atoms. The van der Waals surface area contributed by atoms with Gasteiger partial charge in [-0.15, -0.1) is 0 Å². The zero-order valence-corrected chi connectivity index (χ0v) is 11.6. The molecule has 0 amide bonds. The molecule has 1 heterocycles. The maximum absolute atomic E-state index is 9.39. The normalized spacial score (nSPS) is 13.1. The van der Waals surface area contributed by atoms with Crippen LogP contribution in [0, 0.1) is 5.92 Å². The van der Waals surface area contributed by atoms with Gasteiger partial charge in [0.2, 0.25) is 0 Å². The molecule has 0 aliphatic carbocycles. The minimum absolute atomic E-state index is 0.152. The van der Waals surface area contributed by atoms with E-state index in [1.165, 1.54) is 10.9 Å². The first kappa shape index (κ1) is 14.0. The van der Waals surface area contributed by atoms with E-state index in [4.69, 9.17) is 0 Å². The summed E-state index contributed by atoms with van der Waals surface area (Å²) in [6.45, 7) is 5.26. The number of aliphatic hydroxyl groups is 1. The fourth-order valence-corrected chi connectivity index (χ4v) is 2.37. The fourth-order valence-electron chi connectivity index (χ4n) is 2.37. The van der Waals surface area contributed by atoms with E-state index < -0.39 is 0 Å². The summed E-state index contributed by atoms with van der Waals surface area (Å²) in [6, 6.07) is 8.41. The minimum atomic E-state index is 0.152. The van der Waals surface area contributed by atoms with Crippen LogP contribution in [0.25, 0.3) is 10.8 Å². The molecule has 3 nitrogen and oxygen atoms in total. The molecule has 1 aromatic carbocycles. The molecular weight excluding hydrogens is 236 g/mol. The molecule has 0 bridgehead atoms. The summed E-state index contributed by atoms with van der Waals surface area (Å²) in [4.78, 5) is 4.28. The Morgan fingerprint density at radius 3 is 2.74 bits per heavy atom. The van der Waals surface area contributed by atoms with Crippen LogP contribution in [0.2, 0.25) is 0 Å². The van der Waals surface area contributed by atoms with Crippen LogP contribution < -0.4 is 5.32 Å². The Hall–Kier alpha value is -1.45. The molecule has 2 aromatic rings. The van der Waals surface area contributed by atoms with Gasteiger partial charge in [-0.1, -0.05) is 38.1 Å². The molecule has 0 radical (unpaired) electrons. The topological polar surface area (TPSA) is 45.1 Å². The van der Waals surface area contributed by atoms with Crippen molar-refractivity contribution in [3.63, 3.8) is 0 Å². The van der Waals surface area contributed by atoms with Crippen LogP contribution in [0.1, 0.15) is 25.8 Å². The van der Waals surface area contributed by atoms with Gasteiger partial charge in [-0.05, 0) is 23.3 Å². The van der Waals surface area contributed by atoms with Crippen LogP contribution in [0.5, 0.6) is 0 Å². The molecule has 1 aromatic heterocycles. The number of hydrogen-bond donors (Lipinski definition) is 2. The highest BCUT2D eigenvalue weighted by Gasteiger charge is 2.10. The number of fused-ring (bicyclic) bond motifs is 1. The summed E-state index contributed by atoms with van der Waals surface area (Å²) in [6.07, 6.45) is 4.77. The number of nitrogens with one attached hydrogen (secondary N) is 1. The summed E-state index contributed by atoms with van der Waals surface area (Å²) < 4.78 is 0. The number of nitrogens with zero attached hydrogens (tertiary/aromatic N) is 1. The Labute approximate surface area is 114 Å². The zero-order chi connectivity index (χ0) is 13.7. The highest BCUT2D eigenvalue weighted by Crippen LogP contribution is 2.17. The average Bonchev–Trinajstić information content (AvgIpc) is 2.43. The molecule has 0 saturated carbocycles. The fraction of sp³-hybridized carbons (Fsp3) is 0.438. The molecule has 0 saturated heterocycles. The third kappa shape index (κ3) is 3.75. The van der Waals surface area contributed by atoms with Gasteiger partial charge in [0.05, 0.1) is 6.61 Å². The van der Waals surface area contributed by atoms with Crippen molar-refractivity contribution in [2.24, 2.45) is 5.92 Å². The van der Waals surface area contributed by atoms with Gasteiger partial charge in [0, 0.05) is 30.4 Å². The lowest BCUT2D eigenvalue weighted by atomic mass is 10.0. The van der Waals surface area contributed by atoms with E-state index in [0.29, 0.717) is 5.92 Å². The van der Waals surface area contributed by atoms with Gasteiger partial charge >= 0.3 is 0 Å². The number of aliphatic hydroxyl groups excluding tert-OH is 1. The summed E-state index contributed by atoms with van der Waals surface area (Å²) in [5.74, 6) is 0.579. The quantitative estimate of drug-likeness (QED) is 0.837. The van der Waals surface area contributed by atoms with Crippen molar-refractivity contribution in [3.8, 4) is 0 Å². The monoisotopic (exact) mass is 258 g/mol. The third-order valence-electron chi connectivity index (χ3n) is 3.31. The summed E-state index contributed by atoms with van der Waals surface area (Å²) in [5.41, 5.74) is 1.18. The molecule has 0 spiro atoms. The lowest BCUT2D eigenvalue weighted by Gasteiger charge is -2.18. The van der Waals surface area contributed by atoms with Gasteiger partial charge in [-0.3, -0.25) is 4.98 Å². The standard InChI is InChI=1S/C16H22N2O/c1-12(2)7-15(11-19)18-10-14-9-17-8-13-5-3-4-6-16(13)14/h3-6,8-9,12,15,18-19H,7,10-11H2,1-2H3. The van der Waals surface area contributed by atoms with Crippen molar-refractivity contribution in [2.45, 2.75) is 32.9 Å². The molecule has 2 N–H and O–H groups in total. The van der Waals surface area contributed by atoms with Gasteiger partial charge in [0.25, 0.3) is 0 Å². The van der Waals surface area contributed by atoms with Crippen molar-refractivity contribution in [3.05, 3.63) is 42.2 Å². The second-order valence-electron chi connectivity index (χ2n) is 5.41. The predicted octanol–water partition coefficient (Wildman–Crippen LogP) is 2.73. The largest absolute Gasteiger partial charge is 0.395 e. The van der Waals surface area contributed by atoms with Gasteiger partial charge in [-0.25, -0.2) is 0 Å². The molecule has 0 fully saturated rings. The van der Waals surface area contributed by atoms with E-state index in [-0.39, 0.29) is 12.6 Å². The Balaban J connectivity index is 2.09. The third-order valence-corrected chi connectivity index (χ3v) is 3.31. The molecule has 0 aliphatic heterocycles. The van der Waals surface area contributed by atoms with E-state index in [0.717, 1.165) is 18.4 Å². The lowest BCUT2D eigenvalue weighted by Crippen LogP contribution is -2.33. The second-order valence-corrected chi connectivity index (χ2v) is 5.41. The number of rotatable bonds is 6. The van der Waals surface area contributed by atoms with Gasteiger partial charge in [-0.2, -0.15) is 0 Å². The smallest absolute Gasteiger partial charge is 0.0584 e. The van der Waals surface area contributed by atoms with Crippen LogP contribution >= 0.6 is 0 Å². The maximum atomic E-state index is 9.39. The van der Waals surface area contributed by atoms with E-state index >= 15 is 0 Å². The van der Waals surface area contributed by atoms with Crippen molar-refractivity contribution >= 4 is 10.8 Å². The Morgan fingerprint density at radius 2 is 2.00 bits per heavy atom.